The van der Waals surface area contributed by atoms with E-state index in [9.17, 15) is 0 Å². The van der Waals surface area contributed by atoms with Crippen molar-refractivity contribution in [1.82, 2.24) is 0 Å². The first-order chi connectivity index (χ1) is 5.33. The SMILES string of the molecule is CSC(C)CCc1cccs1. The zero-order chi connectivity index (χ0) is 8.10. The van der Waals surface area contributed by atoms with E-state index >= 15 is 0 Å². The standard InChI is InChI=1S/C9H14S2/c1-8(10-2)5-6-9-4-3-7-11-9/h3-4,7-8H,5-6H2,1-2H3. The highest BCUT2D eigenvalue weighted by molar-refractivity contribution is 7.99. The van der Waals surface area contributed by atoms with Crippen LogP contribution in [0.2, 0.25) is 0 Å². The van der Waals surface area contributed by atoms with Crippen molar-refractivity contribution in [1.29, 1.82) is 0 Å². The van der Waals surface area contributed by atoms with Gasteiger partial charge in [0.05, 0.1) is 0 Å². The molecule has 0 amide bonds. The number of hydrogen-bond donors (Lipinski definition) is 0. The van der Waals surface area contributed by atoms with E-state index in [1.807, 2.05) is 23.1 Å². The molecule has 1 aromatic heterocycles. The van der Waals surface area contributed by atoms with Crippen LogP contribution in [0.1, 0.15) is 18.2 Å². The molecular formula is C9H14S2. The van der Waals surface area contributed by atoms with Gasteiger partial charge in [0.15, 0.2) is 0 Å². The van der Waals surface area contributed by atoms with Gasteiger partial charge in [-0.2, -0.15) is 11.8 Å². The first-order valence-electron chi connectivity index (χ1n) is 3.88. The van der Waals surface area contributed by atoms with E-state index in [1.165, 1.54) is 17.7 Å². The maximum absolute atomic E-state index is 2.29. The minimum atomic E-state index is 0.803. The predicted molar refractivity (Wildman–Crippen MR) is 55.6 cm³/mol. The highest BCUT2D eigenvalue weighted by atomic mass is 32.2. The number of thiophene rings is 1. The predicted octanol–water partition coefficient (Wildman–Crippen LogP) is 3.43. The van der Waals surface area contributed by atoms with E-state index in [2.05, 4.69) is 30.7 Å². The van der Waals surface area contributed by atoms with Crippen molar-refractivity contribution >= 4 is 23.1 Å². The summed E-state index contributed by atoms with van der Waals surface area (Å²) in [6.45, 7) is 2.29. The molecule has 1 rings (SSSR count). The van der Waals surface area contributed by atoms with Crippen molar-refractivity contribution in [2.75, 3.05) is 6.26 Å². The molecule has 0 spiro atoms. The first kappa shape index (κ1) is 9.14. The van der Waals surface area contributed by atoms with Crippen LogP contribution in [0.15, 0.2) is 17.5 Å². The number of hydrogen-bond acceptors (Lipinski definition) is 2. The molecule has 2 heteroatoms. The summed E-state index contributed by atoms with van der Waals surface area (Å²) in [5.41, 5.74) is 0. The van der Waals surface area contributed by atoms with Crippen LogP contribution in [0.3, 0.4) is 0 Å². The third-order valence-electron chi connectivity index (χ3n) is 1.78. The van der Waals surface area contributed by atoms with Gasteiger partial charge >= 0.3 is 0 Å². The van der Waals surface area contributed by atoms with Gasteiger partial charge in [0.25, 0.3) is 0 Å². The summed E-state index contributed by atoms with van der Waals surface area (Å²) in [5, 5.41) is 2.95. The van der Waals surface area contributed by atoms with Gasteiger partial charge in [-0.1, -0.05) is 13.0 Å². The second-order valence-corrected chi connectivity index (χ2v) is 4.97. The lowest BCUT2D eigenvalue weighted by atomic mass is 10.2. The van der Waals surface area contributed by atoms with Gasteiger partial charge in [0.1, 0.15) is 0 Å². The third-order valence-corrected chi connectivity index (χ3v) is 3.76. The normalized spacial score (nSPS) is 13.3. The average Bonchev–Trinajstić information content (AvgIpc) is 2.52. The van der Waals surface area contributed by atoms with E-state index in [0.29, 0.717) is 0 Å². The Morgan fingerprint density at radius 1 is 1.64 bits per heavy atom. The minimum absolute atomic E-state index is 0.803. The highest BCUT2D eigenvalue weighted by Crippen LogP contribution is 2.16. The lowest BCUT2D eigenvalue weighted by Crippen LogP contribution is -1.95. The van der Waals surface area contributed by atoms with Crippen LogP contribution in [0.25, 0.3) is 0 Å². The van der Waals surface area contributed by atoms with Crippen LogP contribution < -0.4 is 0 Å². The van der Waals surface area contributed by atoms with Crippen LogP contribution in [-0.4, -0.2) is 11.5 Å². The summed E-state index contributed by atoms with van der Waals surface area (Å²) in [6, 6.07) is 4.35. The fraction of sp³-hybridized carbons (Fsp3) is 0.556. The summed E-state index contributed by atoms with van der Waals surface area (Å²) < 4.78 is 0. The van der Waals surface area contributed by atoms with Crippen LogP contribution in [-0.2, 0) is 6.42 Å². The zero-order valence-electron chi connectivity index (χ0n) is 7.04. The van der Waals surface area contributed by atoms with Crippen molar-refractivity contribution in [3.8, 4) is 0 Å². The number of aryl methyl sites for hydroxylation is 1. The molecule has 1 atom stereocenters. The molecule has 0 aliphatic heterocycles. The van der Waals surface area contributed by atoms with Crippen molar-refractivity contribution in [2.45, 2.75) is 25.0 Å². The maximum Gasteiger partial charge on any atom is 0.00456 e. The fourth-order valence-corrected chi connectivity index (χ4v) is 2.00. The molecule has 0 saturated carbocycles. The maximum atomic E-state index is 2.29. The summed E-state index contributed by atoms with van der Waals surface area (Å²) in [5.74, 6) is 0. The Kier molecular flexibility index (Phi) is 4.02. The summed E-state index contributed by atoms with van der Waals surface area (Å²) >= 11 is 3.82. The molecule has 1 aromatic rings. The molecule has 0 saturated heterocycles. The molecule has 0 aliphatic rings. The Bertz CT molecular complexity index is 179. The molecule has 0 radical (unpaired) electrons. The Balaban J connectivity index is 2.23. The lowest BCUT2D eigenvalue weighted by Gasteiger charge is -2.05. The van der Waals surface area contributed by atoms with Crippen molar-refractivity contribution < 1.29 is 0 Å². The molecular weight excluding hydrogens is 172 g/mol. The van der Waals surface area contributed by atoms with Gasteiger partial charge in [-0.25, -0.2) is 0 Å². The molecule has 0 N–H and O–H groups in total. The Hall–Kier alpha value is 0.0500. The molecule has 1 unspecified atom stereocenters. The fourth-order valence-electron chi connectivity index (χ4n) is 0.918. The van der Waals surface area contributed by atoms with E-state index in [0.717, 1.165) is 5.25 Å². The van der Waals surface area contributed by atoms with Gasteiger partial charge in [0, 0.05) is 10.1 Å². The van der Waals surface area contributed by atoms with E-state index in [-0.39, 0.29) is 0 Å². The highest BCUT2D eigenvalue weighted by Gasteiger charge is 1.99. The second kappa shape index (κ2) is 4.83. The van der Waals surface area contributed by atoms with E-state index in [1.54, 1.807) is 0 Å². The van der Waals surface area contributed by atoms with Crippen molar-refractivity contribution in [2.24, 2.45) is 0 Å². The monoisotopic (exact) mass is 186 g/mol. The van der Waals surface area contributed by atoms with Crippen molar-refractivity contribution in [3.05, 3.63) is 22.4 Å². The lowest BCUT2D eigenvalue weighted by molar-refractivity contribution is 0.823. The Morgan fingerprint density at radius 3 is 3.00 bits per heavy atom. The third kappa shape index (κ3) is 3.30. The molecule has 0 fully saturated rings. The first-order valence-corrected chi connectivity index (χ1v) is 6.05. The van der Waals surface area contributed by atoms with Gasteiger partial charge < -0.3 is 0 Å². The average molecular weight is 186 g/mol. The largest absolute Gasteiger partial charge is 0.162 e. The smallest absolute Gasteiger partial charge is 0.00456 e. The van der Waals surface area contributed by atoms with Gasteiger partial charge in [-0.05, 0) is 30.5 Å². The molecule has 0 aliphatic carbocycles. The summed E-state index contributed by atoms with van der Waals surface area (Å²) in [7, 11) is 0. The van der Waals surface area contributed by atoms with Crippen molar-refractivity contribution in [3.63, 3.8) is 0 Å². The summed E-state index contributed by atoms with van der Waals surface area (Å²) in [4.78, 5) is 1.52. The molecule has 62 valence electrons. The van der Waals surface area contributed by atoms with E-state index in [4.69, 9.17) is 0 Å². The molecule has 0 nitrogen and oxygen atoms in total. The number of thioether (sulfide) groups is 1. The minimum Gasteiger partial charge on any atom is -0.162 e. The van der Waals surface area contributed by atoms with Crippen LogP contribution in [0.5, 0.6) is 0 Å². The molecule has 0 bridgehead atoms. The Labute approximate surface area is 77.0 Å². The van der Waals surface area contributed by atoms with Gasteiger partial charge in [-0.3, -0.25) is 0 Å². The summed E-state index contributed by atoms with van der Waals surface area (Å²) in [6.07, 6.45) is 4.74. The van der Waals surface area contributed by atoms with Crippen LogP contribution in [0.4, 0.5) is 0 Å². The molecule has 0 aromatic carbocycles. The molecule has 11 heavy (non-hydrogen) atoms. The zero-order valence-corrected chi connectivity index (χ0v) is 8.67. The van der Waals surface area contributed by atoms with Gasteiger partial charge in [0.2, 0.25) is 0 Å². The quantitative estimate of drug-likeness (QED) is 0.694. The Morgan fingerprint density at radius 2 is 2.45 bits per heavy atom. The molecule has 1 heterocycles. The second-order valence-electron chi connectivity index (χ2n) is 2.66. The van der Waals surface area contributed by atoms with Crippen LogP contribution in [0, 0.1) is 0 Å². The van der Waals surface area contributed by atoms with Gasteiger partial charge in [-0.15, -0.1) is 11.3 Å². The van der Waals surface area contributed by atoms with Crippen LogP contribution >= 0.6 is 23.1 Å². The van der Waals surface area contributed by atoms with E-state index < -0.39 is 0 Å². The number of rotatable bonds is 4. The topological polar surface area (TPSA) is 0 Å².